The van der Waals surface area contributed by atoms with Crippen molar-refractivity contribution in [3.05, 3.63) is 78.4 Å². The summed E-state index contributed by atoms with van der Waals surface area (Å²) in [7, 11) is -8.56. The van der Waals surface area contributed by atoms with E-state index >= 15 is 0 Å². The molecule has 0 spiro atoms. The van der Waals surface area contributed by atoms with E-state index in [1.165, 1.54) is 24.3 Å². The highest BCUT2D eigenvalue weighted by Gasteiger charge is 2.42. The molecule has 0 fully saturated rings. The lowest BCUT2D eigenvalue weighted by molar-refractivity contribution is 0.583. The summed E-state index contributed by atoms with van der Waals surface area (Å²) in [5.41, 5.74) is 2.08. The summed E-state index contributed by atoms with van der Waals surface area (Å²) in [4.78, 5) is -0.0877. The summed E-state index contributed by atoms with van der Waals surface area (Å²) in [5, 5.41) is 0. The zero-order chi connectivity index (χ0) is 18.5. The molecule has 0 N–H and O–H groups in total. The molecule has 3 aromatic rings. The molecule has 1 aliphatic rings. The van der Waals surface area contributed by atoms with Gasteiger partial charge in [-0.15, -0.1) is 0 Å². The highest BCUT2D eigenvalue weighted by molar-refractivity contribution is 8.10. The third-order valence-electron chi connectivity index (χ3n) is 4.31. The van der Waals surface area contributed by atoms with Crippen LogP contribution in [-0.2, 0) is 20.0 Å². The van der Waals surface area contributed by atoms with Crippen molar-refractivity contribution in [3.8, 4) is 11.1 Å². The highest BCUT2D eigenvalue weighted by atomic mass is 32.3. The fraction of sp³-hybridized carbons (Fsp3) is 0.0526. The highest BCUT2D eigenvalue weighted by Crippen LogP contribution is 2.45. The Morgan fingerprint density at radius 2 is 1.35 bits per heavy atom. The topological polar surface area (TPSA) is 71.5 Å². The van der Waals surface area contributed by atoms with E-state index in [1.54, 1.807) is 48.5 Å². The zero-order valence-electron chi connectivity index (χ0n) is 13.8. The molecule has 0 saturated carbocycles. The maximum atomic E-state index is 13.2. The van der Waals surface area contributed by atoms with E-state index in [-0.39, 0.29) is 15.5 Å². The first-order chi connectivity index (χ1) is 12.3. The largest absolute Gasteiger partial charge is 0.278 e. The molecule has 26 heavy (non-hydrogen) atoms. The van der Waals surface area contributed by atoms with Crippen molar-refractivity contribution in [1.29, 1.82) is 0 Å². The number of rotatable bonds is 2. The number of nitrogens with zero attached hydrogens (tertiary/aromatic N) is 1. The normalized spacial score (nSPS) is 15.2. The van der Waals surface area contributed by atoms with Crippen LogP contribution in [0.25, 0.3) is 11.1 Å². The Kier molecular flexibility index (Phi) is 3.68. The second-order valence-corrected chi connectivity index (χ2v) is 9.81. The Bertz CT molecular complexity index is 1210. The minimum Gasteiger partial charge on any atom is -0.200 e. The van der Waals surface area contributed by atoms with Gasteiger partial charge in [-0.05, 0) is 31.2 Å². The van der Waals surface area contributed by atoms with Crippen molar-refractivity contribution in [2.24, 2.45) is 0 Å². The molecule has 3 aromatic carbocycles. The maximum absolute atomic E-state index is 13.2. The van der Waals surface area contributed by atoms with E-state index in [9.17, 15) is 16.8 Å². The van der Waals surface area contributed by atoms with Crippen LogP contribution in [0.1, 0.15) is 5.56 Å². The van der Waals surface area contributed by atoms with Gasteiger partial charge in [-0.3, -0.25) is 0 Å². The van der Waals surface area contributed by atoms with Gasteiger partial charge < -0.3 is 0 Å². The maximum Gasteiger partial charge on any atom is 0.278 e. The van der Waals surface area contributed by atoms with Crippen molar-refractivity contribution in [2.45, 2.75) is 16.7 Å². The van der Waals surface area contributed by atoms with Crippen LogP contribution < -0.4 is 3.71 Å². The lowest BCUT2D eigenvalue weighted by atomic mass is 10.0. The summed E-state index contributed by atoms with van der Waals surface area (Å²) >= 11 is 0. The van der Waals surface area contributed by atoms with Crippen LogP contribution in [-0.4, -0.2) is 16.8 Å². The molecule has 0 bridgehead atoms. The van der Waals surface area contributed by atoms with Crippen LogP contribution in [0.15, 0.2) is 82.6 Å². The molecule has 0 amide bonds. The second kappa shape index (κ2) is 5.69. The van der Waals surface area contributed by atoms with Crippen molar-refractivity contribution in [1.82, 2.24) is 0 Å². The van der Waals surface area contributed by atoms with Crippen molar-refractivity contribution in [2.75, 3.05) is 3.71 Å². The van der Waals surface area contributed by atoms with Crippen molar-refractivity contribution in [3.63, 3.8) is 0 Å². The van der Waals surface area contributed by atoms with Crippen LogP contribution in [0.4, 0.5) is 5.69 Å². The minimum absolute atomic E-state index is 0.0191. The number of anilines is 1. The molecule has 1 heterocycles. The molecule has 0 aliphatic carbocycles. The SMILES string of the molecule is Cc1ccc(S(=O)(=O)N2c3ccccc3-c3ccccc3S2(=O)=O)cc1. The van der Waals surface area contributed by atoms with Crippen LogP contribution in [0.5, 0.6) is 0 Å². The Morgan fingerprint density at radius 1 is 0.769 bits per heavy atom. The molecule has 5 nitrogen and oxygen atoms in total. The van der Waals surface area contributed by atoms with Gasteiger partial charge in [0.05, 0.1) is 15.5 Å². The van der Waals surface area contributed by atoms with Crippen molar-refractivity contribution >= 4 is 25.7 Å². The van der Waals surface area contributed by atoms with Gasteiger partial charge in [-0.25, -0.2) is 8.42 Å². The summed E-state index contributed by atoms with van der Waals surface area (Å²) in [6, 6.07) is 19.2. The van der Waals surface area contributed by atoms with Gasteiger partial charge in [-0.2, -0.15) is 12.1 Å². The Hall–Kier alpha value is -2.64. The number of hydrogen-bond acceptors (Lipinski definition) is 4. The molecule has 7 heteroatoms. The van der Waals surface area contributed by atoms with E-state index in [1.807, 2.05) is 6.92 Å². The predicted molar refractivity (Wildman–Crippen MR) is 99.9 cm³/mol. The van der Waals surface area contributed by atoms with E-state index in [2.05, 4.69) is 0 Å². The lowest BCUT2D eigenvalue weighted by Crippen LogP contribution is -2.39. The van der Waals surface area contributed by atoms with Crippen LogP contribution >= 0.6 is 0 Å². The predicted octanol–water partition coefficient (Wildman–Crippen LogP) is 3.56. The fourth-order valence-electron chi connectivity index (χ4n) is 3.06. The molecule has 1 aliphatic heterocycles. The number of fused-ring (bicyclic) bond motifs is 3. The first-order valence-corrected chi connectivity index (χ1v) is 10.8. The van der Waals surface area contributed by atoms with E-state index in [0.717, 1.165) is 5.56 Å². The average molecular weight is 385 g/mol. The Morgan fingerprint density at radius 3 is 2.04 bits per heavy atom. The van der Waals surface area contributed by atoms with E-state index in [0.29, 0.717) is 14.8 Å². The van der Waals surface area contributed by atoms with E-state index in [4.69, 9.17) is 0 Å². The molecule has 0 saturated heterocycles. The van der Waals surface area contributed by atoms with Gasteiger partial charge in [0, 0.05) is 11.1 Å². The third kappa shape index (κ3) is 2.35. The number of hydrogen-bond donors (Lipinski definition) is 0. The van der Waals surface area contributed by atoms with Gasteiger partial charge in [0.25, 0.3) is 20.0 Å². The third-order valence-corrected chi connectivity index (χ3v) is 8.54. The average Bonchev–Trinajstić information content (AvgIpc) is 2.62. The first-order valence-electron chi connectivity index (χ1n) is 7.89. The van der Waals surface area contributed by atoms with Gasteiger partial charge in [0.1, 0.15) is 0 Å². The summed E-state index contributed by atoms with van der Waals surface area (Å²) in [6.45, 7) is 1.83. The monoisotopic (exact) mass is 385 g/mol. The molecule has 0 unspecified atom stereocenters. The second-order valence-electron chi connectivity index (χ2n) is 6.03. The van der Waals surface area contributed by atoms with Crippen molar-refractivity contribution < 1.29 is 16.8 Å². The lowest BCUT2D eigenvalue weighted by Gasteiger charge is -2.31. The number of para-hydroxylation sites is 1. The fourth-order valence-corrected chi connectivity index (χ4v) is 6.98. The van der Waals surface area contributed by atoms with Gasteiger partial charge >= 0.3 is 0 Å². The summed E-state index contributed by atoms with van der Waals surface area (Å²) in [6.07, 6.45) is 0. The molecule has 4 rings (SSSR count). The molecule has 0 atom stereocenters. The minimum atomic E-state index is -4.30. The van der Waals surface area contributed by atoms with Crippen LogP contribution in [0.2, 0.25) is 0 Å². The Balaban J connectivity index is 2.04. The van der Waals surface area contributed by atoms with Gasteiger partial charge in [0.15, 0.2) is 0 Å². The molecule has 0 radical (unpaired) electrons. The van der Waals surface area contributed by atoms with Gasteiger partial charge in [0.2, 0.25) is 0 Å². The standard InChI is InChI=1S/C19H15NO4S2/c1-14-10-12-15(13-11-14)25(21,22)20-18-8-4-2-6-16(18)17-7-3-5-9-19(17)26(20,23)24/h2-13H,1H3. The Labute approximate surface area is 152 Å². The van der Waals surface area contributed by atoms with E-state index < -0.39 is 20.0 Å². The molecular weight excluding hydrogens is 370 g/mol. The molecular formula is C19H15NO4S2. The smallest absolute Gasteiger partial charge is 0.200 e. The first kappa shape index (κ1) is 16.8. The van der Waals surface area contributed by atoms with Crippen LogP contribution in [0.3, 0.4) is 0 Å². The summed E-state index contributed by atoms with van der Waals surface area (Å²) < 4.78 is 53.4. The zero-order valence-corrected chi connectivity index (χ0v) is 15.5. The number of aryl methyl sites for hydroxylation is 1. The number of benzene rings is 3. The number of sulfonamides is 2. The summed E-state index contributed by atoms with van der Waals surface area (Å²) in [5.74, 6) is 0. The van der Waals surface area contributed by atoms with Gasteiger partial charge in [-0.1, -0.05) is 54.1 Å². The molecule has 0 aromatic heterocycles. The molecule has 132 valence electrons. The quantitative estimate of drug-likeness (QED) is 0.676. The van der Waals surface area contributed by atoms with Crippen LogP contribution in [0, 0.1) is 6.92 Å².